The zero-order valence-electron chi connectivity index (χ0n) is 11.8. The number of hydrogen-bond acceptors (Lipinski definition) is 3. The summed E-state index contributed by atoms with van der Waals surface area (Å²) in [5.41, 5.74) is 1.63. The second-order valence-electron chi connectivity index (χ2n) is 5.16. The van der Waals surface area contributed by atoms with E-state index in [0.29, 0.717) is 12.2 Å². The smallest absolute Gasteiger partial charge is 0.305 e. The van der Waals surface area contributed by atoms with Gasteiger partial charge in [0.2, 0.25) is 0 Å². The van der Waals surface area contributed by atoms with Crippen LogP contribution in [0.3, 0.4) is 0 Å². The highest BCUT2D eigenvalue weighted by Gasteiger charge is 2.21. The molecule has 0 saturated heterocycles. The number of carbonyl (C=O) groups excluding carboxylic acids is 1. The van der Waals surface area contributed by atoms with Crippen LogP contribution < -0.4 is 4.74 Å². The molecule has 1 aliphatic heterocycles. The summed E-state index contributed by atoms with van der Waals surface area (Å²) in [7, 11) is 0. The largest absolute Gasteiger partial charge is 0.493 e. The Morgan fingerprint density at radius 1 is 1.40 bits per heavy atom. The molecule has 0 saturated carbocycles. The van der Waals surface area contributed by atoms with Crippen LogP contribution in [0.2, 0.25) is 0 Å². The molecule has 0 unspecified atom stereocenters. The van der Waals surface area contributed by atoms with Gasteiger partial charge in [0.25, 0.3) is 5.91 Å². The van der Waals surface area contributed by atoms with Gasteiger partial charge in [0, 0.05) is 24.6 Å². The van der Waals surface area contributed by atoms with Crippen LogP contribution in [-0.4, -0.2) is 41.1 Å². The number of amides is 1. The Balaban J connectivity index is 2.16. The lowest BCUT2D eigenvalue weighted by Gasteiger charge is -2.26. The van der Waals surface area contributed by atoms with E-state index in [1.165, 1.54) is 0 Å². The number of ether oxygens (including phenoxy) is 1. The van der Waals surface area contributed by atoms with Gasteiger partial charge in [-0.25, -0.2) is 0 Å². The molecular formula is C15H19NO4. The molecule has 1 amide bonds. The normalized spacial score (nSPS) is 12.9. The van der Waals surface area contributed by atoms with E-state index in [2.05, 4.69) is 0 Å². The minimum atomic E-state index is -0.897. The maximum absolute atomic E-state index is 12.5. The average Bonchev–Trinajstić information content (AvgIpc) is 2.84. The number of nitrogens with zero attached hydrogens (tertiary/aromatic N) is 1. The summed E-state index contributed by atoms with van der Waals surface area (Å²) in [4.78, 5) is 24.8. The zero-order chi connectivity index (χ0) is 14.7. The first-order valence-corrected chi connectivity index (χ1v) is 6.77. The third kappa shape index (κ3) is 3.10. The molecule has 1 aromatic rings. The van der Waals surface area contributed by atoms with Gasteiger partial charge in [0.15, 0.2) is 0 Å². The van der Waals surface area contributed by atoms with Crippen molar-refractivity contribution in [3.63, 3.8) is 0 Å². The van der Waals surface area contributed by atoms with Crippen molar-refractivity contribution in [3.8, 4) is 5.75 Å². The van der Waals surface area contributed by atoms with Crippen LogP contribution >= 0.6 is 0 Å². The summed E-state index contributed by atoms with van der Waals surface area (Å²) in [6.07, 6.45) is 0.769. The van der Waals surface area contributed by atoms with Crippen molar-refractivity contribution in [2.75, 3.05) is 13.2 Å². The van der Waals surface area contributed by atoms with Crippen LogP contribution in [-0.2, 0) is 11.2 Å². The predicted octanol–water partition coefficient (Wildman–Crippen LogP) is 1.95. The Morgan fingerprint density at radius 2 is 2.15 bits per heavy atom. The Hall–Kier alpha value is -2.04. The molecule has 1 heterocycles. The molecule has 1 aliphatic rings. The Kier molecular flexibility index (Phi) is 4.27. The number of benzene rings is 1. The van der Waals surface area contributed by atoms with Gasteiger partial charge in [-0.05, 0) is 37.6 Å². The molecule has 0 aromatic heterocycles. The minimum absolute atomic E-state index is 0.0358. The van der Waals surface area contributed by atoms with Crippen molar-refractivity contribution in [2.24, 2.45) is 0 Å². The van der Waals surface area contributed by atoms with Crippen molar-refractivity contribution in [1.82, 2.24) is 4.90 Å². The van der Waals surface area contributed by atoms with Gasteiger partial charge >= 0.3 is 5.97 Å². The van der Waals surface area contributed by atoms with Gasteiger partial charge in [0.1, 0.15) is 5.75 Å². The summed E-state index contributed by atoms with van der Waals surface area (Å²) in [5.74, 6) is -0.190. The van der Waals surface area contributed by atoms with Crippen LogP contribution in [0.4, 0.5) is 0 Å². The zero-order valence-corrected chi connectivity index (χ0v) is 11.8. The van der Waals surface area contributed by atoms with Crippen molar-refractivity contribution in [3.05, 3.63) is 29.3 Å². The molecule has 0 bridgehead atoms. The molecule has 0 spiro atoms. The number of carbonyl (C=O) groups is 2. The third-order valence-corrected chi connectivity index (χ3v) is 3.39. The molecule has 2 rings (SSSR count). The van der Waals surface area contributed by atoms with Crippen molar-refractivity contribution in [1.29, 1.82) is 0 Å². The minimum Gasteiger partial charge on any atom is -0.493 e. The number of carboxylic acids is 1. The van der Waals surface area contributed by atoms with Crippen LogP contribution in [0.5, 0.6) is 5.75 Å². The van der Waals surface area contributed by atoms with Crippen molar-refractivity contribution in [2.45, 2.75) is 32.7 Å². The molecule has 5 heteroatoms. The maximum atomic E-state index is 12.5. The summed E-state index contributed by atoms with van der Waals surface area (Å²) in [6.45, 7) is 4.64. The van der Waals surface area contributed by atoms with Crippen LogP contribution in [0, 0.1) is 0 Å². The van der Waals surface area contributed by atoms with Crippen LogP contribution in [0.15, 0.2) is 18.2 Å². The summed E-state index contributed by atoms with van der Waals surface area (Å²) in [5, 5.41) is 8.77. The molecular weight excluding hydrogens is 258 g/mol. The van der Waals surface area contributed by atoms with Gasteiger partial charge in [-0.15, -0.1) is 0 Å². The fourth-order valence-electron chi connectivity index (χ4n) is 2.30. The fraction of sp³-hybridized carbons (Fsp3) is 0.467. The topological polar surface area (TPSA) is 66.8 Å². The third-order valence-electron chi connectivity index (χ3n) is 3.39. The molecule has 0 atom stereocenters. The second kappa shape index (κ2) is 5.94. The van der Waals surface area contributed by atoms with Crippen LogP contribution in [0.25, 0.3) is 0 Å². The summed E-state index contributed by atoms with van der Waals surface area (Å²) >= 11 is 0. The first-order chi connectivity index (χ1) is 9.49. The van der Waals surface area contributed by atoms with Gasteiger partial charge in [-0.2, -0.15) is 0 Å². The van der Waals surface area contributed by atoms with E-state index < -0.39 is 5.97 Å². The number of fused-ring (bicyclic) bond motifs is 1. The van der Waals surface area contributed by atoms with E-state index in [1.54, 1.807) is 11.0 Å². The van der Waals surface area contributed by atoms with Gasteiger partial charge in [0.05, 0.1) is 13.0 Å². The van der Waals surface area contributed by atoms with Gasteiger partial charge < -0.3 is 14.7 Å². The highest BCUT2D eigenvalue weighted by molar-refractivity contribution is 5.95. The summed E-state index contributed by atoms with van der Waals surface area (Å²) < 4.78 is 5.42. The molecule has 1 aromatic carbocycles. The average molecular weight is 277 g/mol. The highest BCUT2D eigenvalue weighted by atomic mass is 16.5. The van der Waals surface area contributed by atoms with Gasteiger partial charge in [-0.3, -0.25) is 9.59 Å². The molecule has 0 aliphatic carbocycles. The number of carboxylic acid groups (broad SMARTS) is 1. The molecule has 1 N–H and O–H groups in total. The monoisotopic (exact) mass is 277 g/mol. The molecule has 108 valence electrons. The molecule has 5 nitrogen and oxygen atoms in total. The van der Waals surface area contributed by atoms with E-state index in [-0.39, 0.29) is 24.9 Å². The Bertz CT molecular complexity index is 525. The lowest BCUT2D eigenvalue weighted by molar-refractivity contribution is -0.137. The molecule has 0 radical (unpaired) electrons. The second-order valence-corrected chi connectivity index (χ2v) is 5.16. The van der Waals surface area contributed by atoms with Crippen molar-refractivity contribution >= 4 is 11.9 Å². The Morgan fingerprint density at radius 3 is 2.80 bits per heavy atom. The predicted molar refractivity (Wildman–Crippen MR) is 74.1 cm³/mol. The standard InChI is InChI=1S/C15H19NO4/c1-10(2)16(7-5-14(17)18)15(19)12-3-4-13-11(9-12)6-8-20-13/h3-4,9-10H,5-8H2,1-2H3,(H,17,18). The van der Waals surface area contributed by atoms with E-state index >= 15 is 0 Å². The summed E-state index contributed by atoms with van der Waals surface area (Å²) in [6, 6.07) is 5.36. The van der Waals surface area contributed by atoms with E-state index in [0.717, 1.165) is 17.7 Å². The first kappa shape index (κ1) is 14.4. The maximum Gasteiger partial charge on any atom is 0.305 e. The lowest BCUT2D eigenvalue weighted by Crippen LogP contribution is -2.38. The number of hydrogen-bond donors (Lipinski definition) is 1. The number of aliphatic carboxylic acids is 1. The highest BCUT2D eigenvalue weighted by Crippen LogP contribution is 2.26. The Labute approximate surface area is 118 Å². The first-order valence-electron chi connectivity index (χ1n) is 6.77. The van der Waals surface area contributed by atoms with E-state index in [4.69, 9.17) is 9.84 Å². The van der Waals surface area contributed by atoms with Crippen molar-refractivity contribution < 1.29 is 19.4 Å². The van der Waals surface area contributed by atoms with E-state index in [9.17, 15) is 9.59 Å². The van der Waals surface area contributed by atoms with Crippen LogP contribution in [0.1, 0.15) is 36.2 Å². The van der Waals surface area contributed by atoms with E-state index in [1.807, 2.05) is 26.0 Å². The SMILES string of the molecule is CC(C)N(CCC(=O)O)C(=O)c1ccc2c(c1)CCO2. The number of rotatable bonds is 5. The molecule has 0 fully saturated rings. The lowest BCUT2D eigenvalue weighted by atomic mass is 10.1. The fourth-order valence-corrected chi connectivity index (χ4v) is 2.30. The molecule has 20 heavy (non-hydrogen) atoms. The van der Waals surface area contributed by atoms with Gasteiger partial charge in [-0.1, -0.05) is 0 Å². The quantitative estimate of drug-likeness (QED) is 0.893.